The van der Waals surface area contributed by atoms with Gasteiger partial charge in [0.25, 0.3) is 0 Å². The van der Waals surface area contributed by atoms with Crippen LogP contribution in [0.3, 0.4) is 0 Å². The predicted molar refractivity (Wildman–Crippen MR) is 117 cm³/mol. The lowest BCUT2D eigenvalue weighted by Gasteiger charge is -2.33. The van der Waals surface area contributed by atoms with Gasteiger partial charge in [-0.2, -0.15) is 0 Å². The molecule has 4 nitrogen and oxygen atoms in total. The van der Waals surface area contributed by atoms with E-state index in [0.29, 0.717) is 16.9 Å². The Balaban J connectivity index is 1.36. The van der Waals surface area contributed by atoms with Gasteiger partial charge in [0, 0.05) is 22.5 Å². The summed E-state index contributed by atoms with van der Waals surface area (Å²) in [5, 5.41) is 11.7. The van der Waals surface area contributed by atoms with Crippen molar-refractivity contribution in [1.29, 1.82) is 0 Å². The van der Waals surface area contributed by atoms with Crippen LogP contribution in [0, 0.1) is 11.7 Å². The van der Waals surface area contributed by atoms with Crippen molar-refractivity contribution in [3.05, 3.63) is 70.9 Å². The van der Waals surface area contributed by atoms with E-state index in [1.165, 1.54) is 11.6 Å². The zero-order valence-corrected chi connectivity index (χ0v) is 17.2. The molecular weight excluding hydrogens is 401 g/mol. The molecule has 2 N–H and O–H groups in total. The number of fused-ring (bicyclic) bond motifs is 2. The Hall–Kier alpha value is -2.50. The van der Waals surface area contributed by atoms with Crippen LogP contribution in [0.5, 0.6) is 0 Å². The molecule has 0 aliphatic heterocycles. The molecule has 0 saturated heterocycles. The zero-order chi connectivity index (χ0) is 20.7. The molecule has 1 aliphatic carbocycles. The van der Waals surface area contributed by atoms with E-state index < -0.39 is 0 Å². The van der Waals surface area contributed by atoms with E-state index in [-0.39, 0.29) is 18.3 Å². The van der Waals surface area contributed by atoms with E-state index in [4.69, 9.17) is 16.6 Å². The van der Waals surface area contributed by atoms with Crippen LogP contribution in [0.25, 0.3) is 21.9 Å². The molecule has 1 saturated carbocycles. The van der Waals surface area contributed by atoms with Crippen LogP contribution in [0.2, 0.25) is 5.02 Å². The van der Waals surface area contributed by atoms with Crippen molar-refractivity contribution in [1.82, 2.24) is 15.0 Å². The number of aliphatic hydroxyl groups is 1. The number of imidazole rings is 1. The van der Waals surface area contributed by atoms with Crippen LogP contribution in [0.1, 0.15) is 48.9 Å². The largest absolute Gasteiger partial charge is 0.396 e. The molecule has 0 bridgehead atoms. The number of hydrogen-bond acceptors (Lipinski definition) is 3. The Morgan fingerprint density at radius 2 is 1.90 bits per heavy atom. The monoisotopic (exact) mass is 423 g/mol. The minimum atomic E-state index is -0.226. The summed E-state index contributed by atoms with van der Waals surface area (Å²) >= 11 is 6.08. The average molecular weight is 424 g/mol. The third kappa shape index (κ3) is 3.57. The Morgan fingerprint density at radius 1 is 1.07 bits per heavy atom. The Bertz CT molecular complexity index is 1200. The summed E-state index contributed by atoms with van der Waals surface area (Å²) in [7, 11) is 0. The number of nitrogens with zero attached hydrogens (tertiary/aromatic N) is 2. The van der Waals surface area contributed by atoms with Gasteiger partial charge in [0.2, 0.25) is 0 Å². The van der Waals surface area contributed by atoms with Crippen molar-refractivity contribution >= 4 is 33.5 Å². The topological polar surface area (TPSA) is 61.8 Å². The molecule has 2 heterocycles. The van der Waals surface area contributed by atoms with E-state index in [1.54, 1.807) is 12.1 Å². The Labute approximate surface area is 179 Å². The molecule has 2 aromatic carbocycles. The summed E-state index contributed by atoms with van der Waals surface area (Å²) in [6.07, 6.45) is 5.81. The predicted octanol–water partition coefficient (Wildman–Crippen LogP) is 5.95. The molecule has 30 heavy (non-hydrogen) atoms. The van der Waals surface area contributed by atoms with Gasteiger partial charge in [0.1, 0.15) is 11.6 Å². The number of benzene rings is 2. The van der Waals surface area contributed by atoms with E-state index in [0.717, 1.165) is 53.4 Å². The summed E-state index contributed by atoms with van der Waals surface area (Å²) in [6, 6.07) is 12.4. The molecule has 0 spiro atoms. The van der Waals surface area contributed by atoms with Gasteiger partial charge in [-0.1, -0.05) is 11.6 Å². The molecule has 1 atom stereocenters. The second-order valence-electron chi connectivity index (χ2n) is 8.25. The number of aliphatic hydroxyl groups excluding tert-OH is 1. The lowest BCUT2D eigenvalue weighted by Crippen LogP contribution is -2.23. The van der Waals surface area contributed by atoms with E-state index in [2.05, 4.69) is 9.97 Å². The molecule has 0 radical (unpaired) electrons. The highest BCUT2D eigenvalue weighted by molar-refractivity contribution is 6.31. The van der Waals surface area contributed by atoms with Crippen molar-refractivity contribution < 1.29 is 9.50 Å². The van der Waals surface area contributed by atoms with Gasteiger partial charge in [-0.25, -0.2) is 9.37 Å². The molecule has 4 aromatic rings. The van der Waals surface area contributed by atoms with Crippen LogP contribution < -0.4 is 0 Å². The molecule has 154 valence electrons. The standard InChI is InChI=1S/C24H23ClFN3O/c25-16-5-7-22-23(11-16)29-24(28-22)20(13-30)15-3-1-14(2-4-15)18-9-10-27-21-8-6-17(26)12-19(18)21/h5-12,14-15,20,30H,1-4,13H2,(H,28,29). The maximum atomic E-state index is 13.8. The number of rotatable bonds is 4. The molecule has 1 fully saturated rings. The molecule has 5 rings (SSSR count). The number of aromatic amines is 1. The number of pyridine rings is 1. The van der Waals surface area contributed by atoms with Crippen molar-refractivity contribution in [3.8, 4) is 0 Å². The quantitative estimate of drug-likeness (QED) is 0.426. The van der Waals surface area contributed by atoms with Crippen molar-refractivity contribution in [2.75, 3.05) is 6.61 Å². The third-order valence-electron chi connectivity index (χ3n) is 6.53. The number of nitrogens with one attached hydrogen (secondary N) is 1. The summed E-state index contributed by atoms with van der Waals surface area (Å²) in [5.74, 6) is 1.31. The van der Waals surface area contributed by atoms with Crippen molar-refractivity contribution in [2.45, 2.75) is 37.5 Å². The van der Waals surface area contributed by atoms with Gasteiger partial charge in [-0.3, -0.25) is 4.98 Å². The maximum absolute atomic E-state index is 13.8. The van der Waals surface area contributed by atoms with E-state index in [1.807, 2.05) is 30.5 Å². The highest BCUT2D eigenvalue weighted by atomic mass is 35.5. The zero-order valence-electron chi connectivity index (χ0n) is 16.5. The highest BCUT2D eigenvalue weighted by Gasteiger charge is 2.31. The molecular formula is C24H23ClFN3O. The van der Waals surface area contributed by atoms with Gasteiger partial charge in [0.15, 0.2) is 0 Å². The first-order valence-electron chi connectivity index (χ1n) is 10.4. The number of hydrogen-bond donors (Lipinski definition) is 2. The summed E-state index contributed by atoms with van der Waals surface area (Å²) in [6.45, 7) is 0.0618. The van der Waals surface area contributed by atoms with Gasteiger partial charge in [-0.15, -0.1) is 0 Å². The molecule has 1 aliphatic rings. The molecule has 6 heteroatoms. The first kappa shape index (κ1) is 19.5. The highest BCUT2D eigenvalue weighted by Crippen LogP contribution is 2.43. The van der Waals surface area contributed by atoms with Crippen LogP contribution in [-0.2, 0) is 0 Å². The number of halogens is 2. The van der Waals surface area contributed by atoms with Crippen LogP contribution >= 0.6 is 11.6 Å². The fourth-order valence-electron chi connectivity index (χ4n) is 4.96. The van der Waals surface area contributed by atoms with E-state index in [9.17, 15) is 9.50 Å². The normalized spacial score (nSPS) is 20.6. The molecule has 2 aromatic heterocycles. The Kier molecular flexibility index (Phi) is 5.17. The molecule has 0 amide bonds. The number of H-pyrrole nitrogens is 1. The number of aromatic nitrogens is 3. The lowest BCUT2D eigenvalue weighted by atomic mass is 9.73. The first-order chi connectivity index (χ1) is 14.6. The summed E-state index contributed by atoms with van der Waals surface area (Å²) in [4.78, 5) is 12.4. The van der Waals surface area contributed by atoms with Crippen LogP contribution in [0.4, 0.5) is 4.39 Å². The third-order valence-corrected chi connectivity index (χ3v) is 6.76. The SMILES string of the molecule is OCC(c1nc2cc(Cl)ccc2[nH]1)C1CCC(c2ccnc3ccc(F)cc23)CC1. The summed E-state index contributed by atoms with van der Waals surface area (Å²) in [5.41, 5.74) is 3.78. The molecule has 1 unspecified atom stereocenters. The first-order valence-corrected chi connectivity index (χ1v) is 10.8. The fourth-order valence-corrected chi connectivity index (χ4v) is 5.13. The van der Waals surface area contributed by atoms with E-state index >= 15 is 0 Å². The van der Waals surface area contributed by atoms with Crippen molar-refractivity contribution in [2.24, 2.45) is 5.92 Å². The van der Waals surface area contributed by atoms with Crippen LogP contribution in [0.15, 0.2) is 48.7 Å². The van der Waals surface area contributed by atoms with Gasteiger partial charge >= 0.3 is 0 Å². The van der Waals surface area contributed by atoms with Gasteiger partial charge < -0.3 is 10.1 Å². The van der Waals surface area contributed by atoms with Crippen LogP contribution in [-0.4, -0.2) is 26.7 Å². The summed E-state index contributed by atoms with van der Waals surface area (Å²) < 4.78 is 13.8. The minimum Gasteiger partial charge on any atom is -0.396 e. The lowest BCUT2D eigenvalue weighted by molar-refractivity contribution is 0.185. The average Bonchev–Trinajstić information content (AvgIpc) is 3.17. The van der Waals surface area contributed by atoms with Crippen molar-refractivity contribution in [3.63, 3.8) is 0 Å². The maximum Gasteiger partial charge on any atom is 0.123 e. The smallest absolute Gasteiger partial charge is 0.123 e. The fraction of sp³-hybridized carbons (Fsp3) is 0.333. The Morgan fingerprint density at radius 3 is 2.70 bits per heavy atom. The second kappa shape index (κ2) is 7.97. The second-order valence-corrected chi connectivity index (χ2v) is 8.68. The minimum absolute atomic E-state index is 0.0243. The van der Waals surface area contributed by atoms with Gasteiger partial charge in [-0.05, 0) is 85.5 Å². The van der Waals surface area contributed by atoms with Gasteiger partial charge in [0.05, 0.1) is 23.2 Å².